The number of aromatic nitrogens is 2. The summed E-state index contributed by atoms with van der Waals surface area (Å²) in [6, 6.07) is 26.1. The van der Waals surface area contributed by atoms with Crippen molar-refractivity contribution in [2.24, 2.45) is 0 Å². The summed E-state index contributed by atoms with van der Waals surface area (Å²) in [4.78, 5) is 25.7. The maximum Gasteiger partial charge on any atom is 0.417 e. The molecular weight excluding hydrogens is 579 g/mol. The predicted molar refractivity (Wildman–Crippen MR) is 171 cm³/mol. The van der Waals surface area contributed by atoms with Crippen molar-refractivity contribution in [3.05, 3.63) is 108 Å². The standard InChI is InChI=1S/C35H34F3N5O2/c1-2-24-10-12-25(13-11-24)33-40-30-8-5-9-31(32(30)41-33)43-20-18-42(19-21-43)22-23-45-27-16-14-26(15-17-27)39-34(44)28-6-3-4-7-29(28)35(36,37)38/h3-17H,2,18-23H2,1H3,(H,39,44)(H,40,41). The largest absolute Gasteiger partial charge is 0.492 e. The lowest BCUT2D eigenvalue weighted by molar-refractivity contribution is -0.137. The average Bonchev–Trinajstić information content (AvgIpc) is 3.50. The van der Waals surface area contributed by atoms with E-state index in [-0.39, 0.29) is 0 Å². The molecule has 45 heavy (non-hydrogen) atoms. The SMILES string of the molecule is CCc1ccc(-c2nc3c(N4CCN(CCOc5ccc(NC(=O)c6ccccc6C(F)(F)F)cc5)CC4)cccc3[nH]2)cc1. The Bertz CT molecular complexity index is 1760. The first-order chi connectivity index (χ1) is 21.8. The first kappa shape index (κ1) is 30.2. The van der Waals surface area contributed by atoms with Gasteiger partial charge in [0.25, 0.3) is 5.91 Å². The van der Waals surface area contributed by atoms with E-state index in [0.29, 0.717) is 18.0 Å². The molecule has 0 spiro atoms. The Balaban J connectivity index is 0.992. The van der Waals surface area contributed by atoms with Crippen LogP contribution in [0.25, 0.3) is 22.4 Å². The minimum absolute atomic E-state index is 0.383. The first-order valence-electron chi connectivity index (χ1n) is 15.0. The van der Waals surface area contributed by atoms with Gasteiger partial charge in [-0.1, -0.05) is 49.4 Å². The van der Waals surface area contributed by atoms with E-state index in [0.717, 1.165) is 79.4 Å². The number of ether oxygens (including phenoxy) is 1. The number of amides is 1. The number of carbonyl (C=O) groups is 1. The van der Waals surface area contributed by atoms with Gasteiger partial charge < -0.3 is 19.9 Å². The lowest BCUT2D eigenvalue weighted by Crippen LogP contribution is -2.47. The van der Waals surface area contributed by atoms with Gasteiger partial charge in [-0.25, -0.2) is 4.98 Å². The van der Waals surface area contributed by atoms with Crippen molar-refractivity contribution in [2.75, 3.05) is 49.5 Å². The zero-order valence-corrected chi connectivity index (χ0v) is 24.9. The summed E-state index contributed by atoms with van der Waals surface area (Å²) < 4.78 is 45.7. The Morgan fingerprint density at radius 2 is 1.64 bits per heavy atom. The van der Waals surface area contributed by atoms with Gasteiger partial charge >= 0.3 is 6.18 Å². The van der Waals surface area contributed by atoms with Crippen LogP contribution in [0.5, 0.6) is 5.75 Å². The molecule has 0 saturated carbocycles. The number of aromatic amines is 1. The zero-order chi connectivity index (χ0) is 31.4. The maximum atomic E-state index is 13.3. The highest BCUT2D eigenvalue weighted by atomic mass is 19.4. The molecule has 1 fully saturated rings. The van der Waals surface area contributed by atoms with Gasteiger partial charge in [0.1, 0.15) is 23.7 Å². The number of carbonyl (C=O) groups excluding carboxylic acids is 1. The number of nitrogens with one attached hydrogen (secondary N) is 2. The summed E-state index contributed by atoms with van der Waals surface area (Å²) in [5.74, 6) is 0.673. The molecule has 1 aliphatic rings. The van der Waals surface area contributed by atoms with Crippen molar-refractivity contribution in [1.29, 1.82) is 0 Å². The van der Waals surface area contributed by atoms with E-state index in [9.17, 15) is 18.0 Å². The molecule has 0 radical (unpaired) electrons. The topological polar surface area (TPSA) is 73.5 Å². The van der Waals surface area contributed by atoms with Crippen molar-refractivity contribution >= 4 is 28.3 Å². The summed E-state index contributed by atoms with van der Waals surface area (Å²) >= 11 is 0. The molecule has 0 unspecified atom stereocenters. The second-order valence-electron chi connectivity index (χ2n) is 11.0. The van der Waals surface area contributed by atoms with E-state index in [1.165, 1.54) is 17.7 Å². The molecule has 0 bridgehead atoms. The Kier molecular flexibility index (Phi) is 8.75. The van der Waals surface area contributed by atoms with E-state index >= 15 is 0 Å². The summed E-state index contributed by atoms with van der Waals surface area (Å²) in [6.07, 6.45) is -3.61. The summed E-state index contributed by atoms with van der Waals surface area (Å²) in [5.41, 5.74) is 4.50. The molecule has 1 saturated heterocycles. The number of piperazine rings is 1. The number of fused-ring (bicyclic) bond motifs is 1. The van der Waals surface area contributed by atoms with Gasteiger partial charge in [0.2, 0.25) is 0 Å². The number of hydrogen-bond acceptors (Lipinski definition) is 5. The van der Waals surface area contributed by atoms with Crippen LogP contribution in [0.1, 0.15) is 28.4 Å². The molecule has 7 nitrogen and oxygen atoms in total. The molecule has 232 valence electrons. The molecule has 2 heterocycles. The third kappa shape index (κ3) is 6.96. The molecule has 1 aliphatic heterocycles. The number of halogens is 3. The fraction of sp³-hybridized carbons (Fsp3) is 0.257. The first-order valence-corrected chi connectivity index (χ1v) is 15.0. The molecule has 4 aromatic carbocycles. The number of hydrogen-bond donors (Lipinski definition) is 2. The number of anilines is 2. The van der Waals surface area contributed by atoms with Crippen LogP contribution < -0.4 is 15.0 Å². The normalized spacial score (nSPS) is 14.1. The number of benzene rings is 4. The van der Waals surface area contributed by atoms with Crippen molar-refractivity contribution in [3.63, 3.8) is 0 Å². The number of rotatable bonds is 9. The lowest BCUT2D eigenvalue weighted by Gasteiger charge is -2.36. The van der Waals surface area contributed by atoms with E-state index in [1.54, 1.807) is 24.3 Å². The van der Waals surface area contributed by atoms with Gasteiger partial charge in [-0.2, -0.15) is 13.2 Å². The van der Waals surface area contributed by atoms with Gasteiger partial charge in [0.05, 0.1) is 22.3 Å². The van der Waals surface area contributed by atoms with Crippen molar-refractivity contribution in [3.8, 4) is 17.1 Å². The Labute approximate surface area is 259 Å². The summed E-state index contributed by atoms with van der Waals surface area (Å²) in [6.45, 7) is 6.91. The highest BCUT2D eigenvalue weighted by molar-refractivity contribution is 6.05. The number of aryl methyl sites for hydroxylation is 1. The van der Waals surface area contributed by atoms with E-state index in [2.05, 4.69) is 69.5 Å². The Morgan fingerprint density at radius 1 is 0.911 bits per heavy atom. The third-order valence-electron chi connectivity index (χ3n) is 8.11. The molecule has 1 aromatic heterocycles. The van der Waals surface area contributed by atoms with Crippen LogP contribution >= 0.6 is 0 Å². The van der Waals surface area contributed by atoms with Gasteiger partial charge in [-0.15, -0.1) is 0 Å². The van der Waals surface area contributed by atoms with Crippen LogP contribution in [0.15, 0.2) is 91.0 Å². The Morgan fingerprint density at radius 3 is 2.36 bits per heavy atom. The second-order valence-corrected chi connectivity index (χ2v) is 11.0. The van der Waals surface area contributed by atoms with Crippen molar-refractivity contribution < 1.29 is 22.7 Å². The average molecular weight is 614 g/mol. The van der Waals surface area contributed by atoms with Gasteiger partial charge in [0, 0.05) is 44.0 Å². The van der Waals surface area contributed by atoms with Gasteiger partial charge in [-0.05, 0) is 60.5 Å². The van der Waals surface area contributed by atoms with Crippen LogP contribution in [-0.4, -0.2) is 60.1 Å². The monoisotopic (exact) mass is 613 g/mol. The second kappa shape index (κ2) is 13.0. The highest BCUT2D eigenvalue weighted by Gasteiger charge is 2.34. The zero-order valence-electron chi connectivity index (χ0n) is 24.9. The number of H-pyrrole nitrogens is 1. The Hall–Kier alpha value is -4.83. The van der Waals surface area contributed by atoms with Crippen molar-refractivity contribution in [1.82, 2.24) is 14.9 Å². The minimum atomic E-state index is -4.61. The third-order valence-corrected chi connectivity index (χ3v) is 8.11. The summed E-state index contributed by atoms with van der Waals surface area (Å²) in [5, 5.41) is 2.53. The molecule has 10 heteroatoms. The van der Waals surface area contributed by atoms with Gasteiger partial charge in [0.15, 0.2) is 0 Å². The number of alkyl halides is 3. The molecule has 5 aromatic rings. The van der Waals surface area contributed by atoms with E-state index in [4.69, 9.17) is 9.72 Å². The van der Waals surface area contributed by atoms with Crippen LogP contribution in [-0.2, 0) is 12.6 Å². The fourth-order valence-corrected chi connectivity index (χ4v) is 5.57. The van der Waals surface area contributed by atoms with Crippen LogP contribution in [0, 0.1) is 0 Å². The van der Waals surface area contributed by atoms with E-state index < -0.39 is 23.2 Å². The molecule has 2 N–H and O–H groups in total. The number of para-hydroxylation sites is 1. The van der Waals surface area contributed by atoms with Crippen LogP contribution in [0.4, 0.5) is 24.5 Å². The van der Waals surface area contributed by atoms with Crippen LogP contribution in [0.3, 0.4) is 0 Å². The molecule has 0 atom stereocenters. The molecular formula is C35H34F3N5O2. The number of imidazole rings is 1. The molecule has 6 rings (SSSR count). The van der Waals surface area contributed by atoms with Crippen molar-refractivity contribution in [2.45, 2.75) is 19.5 Å². The summed E-state index contributed by atoms with van der Waals surface area (Å²) in [7, 11) is 0. The van der Waals surface area contributed by atoms with E-state index in [1.807, 2.05) is 0 Å². The molecule has 1 amide bonds. The minimum Gasteiger partial charge on any atom is -0.492 e. The quantitative estimate of drug-likeness (QED) is 0.183. The smallest absolute Gasteiger partial charge is 0.417 e. The predicted octanol–water partition coefficient (Wildman–Crippen LogP) is 7.26. The maximum absolute atomic E-state index is 13.3. The highest BCUT2D eigenvalue weighted by Crippen LogP contribution is 2.32. The number of nitrogens with zero attached hydrogens (tertiary/aromatic N) is 3. The fourth-order valence-electron chi connectivity index (χ4n) is 5.57. The molecule has 0 aliphatic carbocycles. The van der Waals surface area contributed by atoms with Crippen LogP contribution in [0.2, 0.25) is 0 Å². The lowest BCUT2D eigenvalue weighted by atomic mass is 10.1. The van der Waals surface area contributed by atoms with Gasteiger partial charge in [-0.3, -0.25) is 9.69 Å².